The smallest absolute Gasteiger partial charge is 0.413 e. The Hall–Kier alpha value is -3.32. The molecule has 2 N–H and O–H groups in total. The number of esters is 1. The standard InChI is InChI=1S/C16H15N3O8S2/c1-24-13(20)9-7-12(28-14(9)25-2)29(22,23)27-8-4-5-10-11(6-8)18-15(17-10)19-16(21)26-3/h4-7H,1-3H3,(H2,17,18,19,21). The predicted molar refractivity (Wildman–Crippen MR) is 102 cm³/mol. The van der Waals surface area contributed by atoms with Crippen LogP contribution in [-0.2, 0) is 19.6 Å². The van der Waals surface area contributed by atoms with Crippen LogP contribution in [0.3, 0.4) is 0 Å². The van der Waals surface area contributed by atoms with Gasteiger partial charge in [-0.05, 0) is 18.2 Å². The van der Waals surface area contributed by atoms with Crippen molar-refractivity contribution >= 4 is 50.5 Å². The van der Waals surface area contributed by atoms with Gasteiger partial charge in [0.1, 0.15) is 11.3 Å². The van der Waals surface area contributed by atoms with E-state index in [9.17, 15) is 18.0 Å². The lowest BCUT2D eigenvalue weighted by molar-refractivity contribution is 0.0598. The Kier molecular flexibility index (Phi) is 5.61. The summed E-state index contributed by atoms with van der Waals surface area (Å²) in [6, 6.07) is 5.43. The number of aromatic nitrogens is 2. The predicted octanol–water partition coefficient (Wildman–Crippen LogP) is 2.37. The summed E-state index contributed by atoms with van der Waals surface area (Å²) in [7, 11) is -0.556. The fourth-order valence-electron chi connectivity index (χ4n) is 2.29. The molecule has 0 fully saturated rings. The molecular formula is C16H15N3O8S2. The van der Waals surface area contributed by atoms with Gasteiger partial charge in [-0.2, -0.15) is 8.42 Å². The molecule has 0 saturated carbocycles. The molecule has 2 heterocycles. The molecule has 0 aliphatic carbocycles. The molecule has 3 rings (SSSR count). The van der Waals surface area contributed by atoms with Gasteiger partial charge in [0.05, 0.1) is 32.4 Å². The monoisotopic (exact) mass is 441 g/mol. The largest absolute Gasteiger partial charge is 0.487 e. The van der Waals surface area contributed by atoms with Crippen LogP contribution in [-0.4, -0.2) is 51.8 Å². The third-order valence-electron chi connectivity index (χ3n) is 3.58. The van der Waals surface area contributed by atoms with Crippen LogP contribution in [0.2, 0.25) is 0 Å². The number of fused-ring (bicyclic) bond motifs is 1. The highest BCUT2D eigenvalue weighted by molar-refractivity contribution is 7.89. The van der Waals surface area contributed by atoms with Crippen LogP contribution in [0.1, 0.15) is 10.4 Å². The average Bonchev–Trinajstić information content (AvgIpc) is 3.30. The molecule has 29 heavy (non-hydrogen) atoms. The zero-order chi connectivity index (χ0) is 21.2. The minimum Gasteiger partial charge on any atom is -0.487 e. The second kappa shape index (κ2) is 7.97. The fraction of sp³-hybridized carbons (Fsp3) is 0.188. The van der Waals surface area contributed by atoms with E-state index in [4.69, 9.17) is 8.92 Å². The molecule has 3 aromatic rings. The molecule has 1 aromatic carbocycles. The van der Waals surface area contributed by atoms with Crippen LogP contribution in [0.15, 0.2) is 28.5 Å². The number of anilines is 1. The average molecular weight is 441 g/mol. The second-order valence-corrected chi connectivity index (χ2v) is 8.17. The highest BCUT2D eigenvalue weighted by Crippen LogP contribution is 2.35. The zero-order valence-electron chi connectivity index (χ0n) is 15.3. The summed E-state index contributed by atoms with van der Waals surface area (Å²) < 4.78 is 44.2. The zero-order valence-corrected chi connectivity index (χ0v) is 17.0. The number of H-pyrrole nitrogens is 1. The van der Waals surface area contributed by atoms with Crippen molar-refractivity contribution in [3.05, 3.63) is 29.8 Å². The van der Waals surface area contributed by atoms with Crippen molar-refractivity contribution in [3.8, 4) is 10.8 Å². The van der Waals surface area contributed by atoms with E-state index in [1.807, 2.05) is 0 Å². The Morgan fingerprint density at radius 1 is 1.14 bits per heavy atom. The number of nitrogens with one attached hydrogen (secondary N) is 2. The van der Waals surface area contributed by atoms with Crippen LogP contribution >= 0.6 is 11.3 Å². The van der Waals surface area contributed by atoms with Gasteiger partial charge < -0.3 is 23.4 Å². The minimum absolute atomic E-state index is 0.00208. The first kappa shape index (κ1) is 20.4. The van der Waals surface area contributed by atoms with Gasteiger partial charge in [0.2, 0.25) is 5.95 Å². The first-order valence-corrected chi connectivity index (χ1v) is 10.0. The Morgan fingerprint density at radius 2 is 1.90 bits per heavy atom. The van der Waals surface area contributed by atoms with Gasteiger partial charge in [-0.25, -0.2) is 14.6 Å². The van der Waals surface area contributed by atoms with Gasteiger partial charge in [0.25, 0.3) is 0 Å². The van der Waals surface area contributed by atoms with E-state index in [0.29, 0.717) is 11.0 Å². The Labute approximate surface area is 168 Å². The van der Waals surface area contributed by atoms with E-state index in [-0.39, 0.29) is 26.5 Å². The molecule has 0 atom stereocenters. The lowest BCUT2D eigenvalue weighted by Gasteiger charge is -2.04. The molecule has 11 nitrogen and oxygen atoms in total. The van der Waals surface area contributed by atoms with Crippen molar-refractivity contribution in [1.82, 2.24) is 9.97 Å². The summed E-state index contributed by atoms with van der Waals surface area (Å²) in [5.41, 5.74) is 0.861. The molecule has 0 spiro atoms. The number of aromatic amines is 1. The SMILES string of the molecule is COC(=O)Nc1nc2ccc(OS(=O)(=O)c3cc(C(=O)OC)c(OC)s3)cc2[nH]1. The fourth-order valence-corrected chi connectivity index (χ4v) is 4.43. The number of benzene rings is 1. The number of rotatable bonds is 6. The van der Waals surface area contributed by atoms with Gasteiger partial charge in [0, 0.05) is 6.07 Å². The maximum absolute atomic E-state index is 12.6. The number of imidazole rings is 1. The molecule has 0 aliphatic rings. The molecule has 0 radical (unpaired) electrons. The van der Waals surface area contributed by atoms with Crippen LogP contribution < -0.4 is 14.2 Å². The number of hydrogen-bond donors (Lipinski definition) is 2. The summed E-state index contributed by atoms with van der Waals surface area (Å²) in [5, 5.41) is 2.45. The molecule has 0 unspecified atom stereocenters. The highest BCUT2D eigenvalue weighted by Gasteiger charge is 2.26. The summed E-state index contributed by atoms with van der Waals surface area (Å²) in [5.74, 6) is -0.612. The van der Waals surface area contributed by atoms with Crippen LogP contribution in [0, 0.1) is 0 Å². The van der Waals surface area contributed by atoms with E-state index >= 15 is 0 Å². The first-order valence-electron chi connectivity index (χ1n) is 7.82. The maximum atomic E-state index is 12.6. The van der Waals surface area contributed by atoms with Gasteiger partial charge in [-0.3, -0.25) is 5.32 Å². The number of ether oxygens (including phenoxy) is 3. The number of carbonyl (C=O) groups excluding carboxylic acids is 2. The van der Waals surface area contributed by atoms with E-state index in [0.717, 1.165) is 17.4 Å². The Balaban J connectivity index is 1.88. The summed E-state index contributed by atoms with van der Waals surface area (Å²) in [6.45, 7) is 0. The van der Waals surface area contributed by atoms with Crippen LogP contribution in [0.5, 0.6) is 10.8 Å². The molecule has 154 valence electrons. The third kappa shape index (κ3) is 4.25. The molecule has 0 saturated heterocycles. The molecule has 13 heteroatoms. The second-order valence-electron chi connectivity index (χ2n) is 5.38. The highest BCUT2D eigenvalue weighted by atomic mass is 32.3. The number of carbonyl (C=O) groups is 2. The lowest BCUT2D eigenvalue weighted by atomic mass is 10.3. The Bertz CT molecular complexity index is 1180. The number of amides is 1. The number of methoxy groups -OCH3 is 3. The quantitative estimate of drug-likeness (QED) is 0.435. The van der Waals surface area contributed by atoms with Crippen molar-refractivity contribution in [2.75, 3.05) is 26.6 Å². The Morgan fingerprint density at radius 3 is 2.55 bits per heavy atom. The topological polar surface area (TPSA) is 146 Å². The maximum Gasteiger partial charge on any atom is 0.413 e. The van der Waals surface area contributed by atoms with Crippen molar-refractivity contribution in [2.45, 2.75) is 4.21 Å². The summed E-state index contributed by atoms with van der Waals surface area (Å²) in [6.07, 6.45) is -0.712. The number of nitrogens with zero attached hydrogens (tertiary/aromatic N) is 1. The first-order chi connectivity index (χ1) is 13.8. The third-order valence-corrected chi connectivity index (χ3v) is 6.35. The normalized spacial score (nSPS) is 11.1. The van der Waals surface area contributed by atoms with Gasteiger partial charge in [0.15, 0.2) is 9.27 Å². The van der Waals surface area contributed by atoms with E-state index in [1.54, 1.807) is 0 Å². The summed E-state index contributed by atoms with van der Waals surface area (Å²) in [4.78, 5) is 29.9. The minimum atomic E-state index is -4.24. The lowest BCUT2D eigenvalue weighted by Crippen LogP contribution is -2.11. The van der Waals surface area contributed by atoms with Crippen molar-refractivity contribution in [3.63, 3.8) is 0 Å². The molecular weight excluding hydrogens is 426 g/mol. The molecule has 1 amide bonds. The van der Waals surface area contributed by atoms with E-state index in [2.05, 4.69) is 24.8 Å². The number of thiophene rings is 1. The van der Waals surface area contributed by atoms with E-state index in [1.165, 1.54) is 39.5 Å². The molecule has 0 aliphatic heterocycles. The molecule has 2 aromatic heterocycles. The van der Waals surface area contributed by atoms with Gasteiger partial charge in [-0.15, -0.1) is 0 Å². The molecule has 0 bridgehead atoms. The van der Waals surface area contributed by atoms with Crippen molar-refractivity contribution in [2.24, 2.45) is 0 Å². The van der Waals surface area contributed by atoms with Gasteiger partial charge in [-0.1, -0.05) is 11.3 Å². The van der Waals surface area contributed by atoms with Gasteiger partial charge >= 0.3 is 22.2 Å². The number of hydrogen-bond acceptors (Lipinski definition) is 10. The van der Waals surface area contributed by atoms with Crippen LogP contribution in [0.4, 0.5) is 10.7 Å². The van der Waals surface area contributed by atoms with Crippen molar-refractivity contribution in [1.29, 1.82) is 0 Å². The van der Waals surface area contributed by atoms with Crippen LogP contribution in [0.25, 0.3) is 11.0 Å². The van der Waals surface area contributed by atoms with Crippen molar-refractivity contribution < 1.29 is 36.4 Å². The van der Waals surface area contributed by atoms with E-state index < -0.39 is 22.2 Å². The summed E-state index contributed by atoms with van der Waals surface area (Å²) >= 11 is 0.729.